The van der Waals surface area contributed by atoms with Gasteiger partial charge in [0.2, 0.25) is 0 Å². The van der Waals surface area contributed by atoms with Crippen molar-refractivity contribution in [2.45, 2.75) is 46.3 Å². The van der Waals surface area contributed by atoms with E-state index < -0.39 is 0 Å². The SMILES string of the molecule is Cc1oc(COc2ccc(C(C)(C)C)cc2)cc1CN. The summed E-state index contributed by atoms with van der Waals surface area (Å²) in [6.45, 7) is 9.43. The second kappa shape index (κ2) is 5.71. The van der Waals surface area contributed by atoms with Crippen molar-refractivity contribution in [3.05, 3.63) is 53.0 Å². The first-order valence-corrected chi connectivity index (χ1v) is 6.92. The molecule has 0 aliphatic heterocycles. The Morgan fingerprint density at radius 3 is 2.30 bits per heavy atom. The Kier molecular flexibility index (Phi) is 4.19. The Balaban J connectivity index is 2.00. The maximum atomic E-state index is 5.74. The molecule has 1 aromatic heterocycles. The van der Waals surface area contributed by atoms with E-state index >= 15 is 0 Å². The maximum Gasteiger partial charge on any atom is 0.146 e. The molecule has 0 saturated carbocycles. The van der Waals surface area contributed by atoms with Crippen LogP contribution in [0.25, 0.3) is 0 Å². The molecule has 0 bridgehead atoms. The summed E-state index contributed by atoms with van der Waals surface area (Å²) < 4.78 is 11.3. The highest BCUT2D eigenvalue weighted by Gasteiger charge is 2.13. The molecule has 0 amide bonds. The molecule has 2 rings (SSSR count). The van der Waals surface area contributed by atoms with Crippen LogP contribution in [0, 0.1) is 6.92 Å². The molecule has 3 heteroatoms. The molecule has 0 aliphatic rings. The van der Waals surface area contributed by atoms with Gasteiger partial charge in [-0.2, -0.15) is 0 Å². The van der Waals surface area contributed by atoms with Crippen molar-refractivity contribution in [1.82, 2.24) is 0 Å². The molecule has 0 aliphatic carbocycles. The van der Waals surface area contributed by atoms with Crippen molar-refractivity contribution in [3.8, 4) is 5.75 Å². The van der Waals surface area contributed by atoms with Crippen molar-refractivity contribution in [2.24, 2.45) is 5.73 Å². The first-order valence-electron chi connectivity index (χ1n) is 6.92. The summed E-state index contributed by atoms with van der Waals surface area (Å²) in [7, 11) is 0. The summed E-state index contributed by atoms with van der Waals surface area (Å²) in [5, 5.41) is 0. The molecule has 2 aromatic rings. The monoisotopic (exact) mass is 273 g/mol. The van der Waals surface area contributed by atoms with Gasteiger partial charge in [-0.05, 0) is 36.1 Å². The van der Waals surface area contributed by atoms with Gasteiger partial charge in [-0.15, -0.1) is 0 Å². The summed E-state index contributed by atoms with van der Waals surface area (Å²) in [4.78, 5) is 0. The van der Waals surface area contributed by atoms with Crippen molar-refractivity contribution in [2.75, 3.05) is 0 Å². The van der Waals surface area contributed by atoms with E-state index in [4.69, 9.17) is 14.9 Å². The number of ether oxygens (including phenoxy) is 1. The number of benzene rings is 1. The minimum absolute atomic E-state index is 0.159. The fourth-order valence-electron chi connectivity index (χ4n) is 2.07. The first-order chi connectivity index (χ1) is 9.40. The Bertz CT molecular complexity index is 562. The number of aryl methyl sites for hydroxylation is 1. The van der Waals surface area contributed by atoms with Crippen LogP contribution >= 0.6 is 0 Å². The molecular formula is C17H23NO2. The van der Waals surface area contributed by atoms with Crippen LogP contribution in [0.1, 0.15) is 43.4 Å². The lowest BCUT2D eigenvalue weighted by Crippen LogP contribution is -2.10. The summed E-state index contributed by atoms with van der Waals surface area (Å²) in [5.41, 5.74) is 8.12. The highest BCUT2D eigenvalue weighted by molar-refractivity contribution is 5.31. The van der Waals surface area contributed by atoms with Gasteiger partial charge in [0.05, 0.1) is 0 Å². The second-order valence-corrected chi connectivity index (χ2v) is 6.06. The van der Waals surface area contributed by atoms with E-state index in [-0.39, 0.29) is 5.41 Å². The Hall–Kier alpha value is -1.74. The number of furan rings is 1. The molecule has 0 spiro atoms. The van der Waals surface area contributed by atoms with Crippen LogP contribution in [0.15, 0.2) is 34.7 Å². The molecule has 2 N–H and O–H groups in total. The van der Waals surface area contributed by atoms with Gasteiger partial charge < -0.3 is 14.9 Å². The van der Waals surface area contributed by atoms with E-state index in [0.29, 0.717) is 13.2 Å². The lowest BCUT2D eigenvalue weighted by Gasteiger charge is -2.19. The minimum atomic E-state index is 0.159. The predicted octanol–water partition coefficient (Wildman–Crippen LogP) is 3.92. The number of hydrogen-bond donors (Lipinski definition) is 1. The fourth-order valence-corrected chi connectivity index (χ4v) is 2.07. The van der Waals surface area contributed by atoms with Gasteiger partial charge >= 0.3 is 0 Å². The van der Waals surface area contributed by atoms with Gasteiger partial charge in [-0.3, -0.25) is 0 Å². The molecule has 0 radical (unpaired) electrons. The molecule has 0 fully saturated rings. The van der Waals surface area contributed by atoms with E-state index in [1.165, 1.54) is 5.56 Å². The van der Waals surface area contributed by atoms with Crippen molar-refractivity contribution < 1.29 is 9.15 Å². The molecule has 108 valence electrons. The highest BCUT2D eigenvalue weighted by Crippen LogP contribution is 2.25. The third kappa shape index (κ3) is 3.42. The lowest BCUT2D eigenvalue weighted by molar-refractivity contribution is 0.267. The van der Waals surface area contributed by atoms with E-state index in [1.807, 2.05) is 25.1 Å². The maximum absolute atomic E-state index is 5.74. The van der Waals surface area contributed by atoms with Gasteiger partial charge in [0.15, 0.2) is 0 Å². The molecule has 0 saturated heterocycles. The molecule has 3 nitrogen and oxygen atoms in total. The van der Waals surface area contributed by atoms with Gasteiger partial charge in [0.1, 0.15) is 23.9 Å². The van der Waals surface area contributed by atoms with Crippen LogP contribution < -0.4 is 10.5 Å². The quantitative estimate of drug-likeness (QED) is 0.918. The zero-order chi connectivity index (χ0) is 14.8. The Morgan fingerprint density at radius 1 is 1.15 bits per heavy atom. The number of rotatable bonds is 4. The molecule has 20 heavy (non-hydrogen) atoms. The third-order valence-corrected chi connectivity index (χ3v) is 3.39. The van der Waals surface area contributed by atoms with Crippen molar-refractivity contribution in [3.63, 3.8) is 0 Å². The summed E-state index contributed by atoms with van der Waals surface area (Å²) >= 11 is 0. The van der Waals surface area contributed by atoms with Gasteiger partial charge in [0, 0.05) is 12.1 Å². The van der Waals surface area contributed by atoms with Crippen molar-refractivity contribution >= 4 is 0 Å². The first kappa shape index (κ1) is 14.7. The van der Waals surface area contributed by atoms with Crippen LogP contribution in [-0.2, 0) is 18.6 Å². The normalized spacial score (nSPS) is 11.7. The van der Waals surface area contributed by atoms with E-state index in [1.54, 1.807) is 0 Å². The van der Waals surface area contributed by atoms with Crippen LogP contribution in [0.2, 0.25) is 0 Å². The highest BCUT2D eigenvalue weighted by atomic mass is 16.5. The topological polar surface area (TPSA) is 48.4 Å². The summed E-state index contributed by atoms with van der Waals surface area (Å²) in [5.74, 6) is 2.53. The second-order valence-electron chi connectivity index (χ2n) is 6.06. The molecule has 1 heterocycles. The summed E-state index contributed by atoms with van der Waals surface area (Å²) in [6, 6.07) is 10.2. The van der Waals surface area contributed by atoms with Gasteiger partial charge in [-0.1, -0.05) is 32.9 Å². The van der Waals surface area contributed by atoms with Gasteiger partial charge in [-0.25, -0.2) is 0 Å². The average Bonchev–Trinajstić information content (AvgIpc) is 2.76. The minimum Gasteiger partial charge on any atom is -0.486 e. The predicted molar refractivity (Wildman–Crippen MR) is 80.8 cm³/mol. The van der Waals surface area contributed by atoms with Crippen LogP contribution in [0.3, 0.4) is 0 Å². The average molecular weight is 273 g/mol. The smallest absolute Gasteiger partial charge is 0.146 e. The summed E-state index contributed by atoms with van der Waals surface area (Å²) in [6.07, 6.45) is 0. The van der Waals surface area contributed by atoms with E-state index in [2.05, 4.69) is 32.9 Å². The standard InChI is InChI=1S/C17H23NO2/c1-12-13(10-18)9-16(20-12)11-19-15-7-5-14(6-8-15)17(2,3)4/h5-9H,10-11,18H2,1-4H3. The molecule has 0 unspecified atom stereocenters. The number of nitrogens with two attached hydrogens (primary N) is 1. The zero-order valence-electron chi connectivity index (χ0n) is 12.7. The van der Waals surface area contributed by atoms with Crippen LogP contribution in [0.5, 0.6) is 5.75 Å². The molecular weight excluding hydrogens is 250 g/mol. The van der Waals surface area contributed by atoms with E-state index in [0.717, 1.165) is 22.8 Å². The zero-order valence-corrected chi connectivity index (χ0v) is 12.7. The lowest BCUT2D eigenvalue weighted by atomic mass is 9.87. The molecule has 1 aromatic carbocycles. The van der Waals surface area contributed by atoms with Crippen LogP contribution in [-0.4, -0.2) is 0 Å². The third-order valence-electron chi connectivity index (χ3n) is 3.39. The van der Waals surface area contributed by atoms with Crippen LogP contribution in [0.4, 0.5) is 0 Å². The fraction of sp³-hybridized carbons (Fsp3) is 0.412. The Labute approximate surface area is 120 Å². The van der Waals surface area contributed by atoms with E-state index in [9.17, 15) is 0 Å². The molecule has 0 atom stereocenters. The number of hydrogen-bond acceptors (Lipinski definition) is 3. The Morgan fingerprint density at radius 2 is 1.80 bits per heavy atom. The van der Waals surface area contributed by atoms with Gasteiger partial charge in [0.25, 0.3) is 0 Å². The largest absolute Gasteiger partial charge is 0.486 e. The van der Waals surface area contributed by atoms with Crippen molar-refractivity contribution in [1.29, 1.82) is 0 Å².